The number of amides is 2. The number of carbonyl (C=O) groups is 2. The fraction of sp³-hybridized carbons (Fsp3) is 0.440. The quantitative estimate of drug-likeness (QED) is 0.432. The Hall–Kier alpha value is -3.21. The van der Waals surface area contributed by atoms with Gasteiger partial charge in [0.25, 0.3) is 0 Å². The number of anilines is 1. The molecule has 0 aliphatic carbocycles. The molecule has 0 radical (unpaired) electrons. The normalized spacial score (nSPS) is 12.1. The van der Waals surface area contributed by atoms with Crippen molar-refractivity contribution in [2.75, 3.05) is 30.8 Å². The molecule has 2 aromatic carbocycles. The molecule has 198 valence electrons. The molecule has 2 aromatic rings. The molecule has 0 unspecified atom stereocenters. The van der Waals surface area contributed by atoms with Crippen LogP contribution >= 0.6 is 0 Å². The van der Waals surface area contributed by atoms with Crippen LogP contribution in [0.4, 0.5) is 14.5 Å². The first-order valence-electron chi connectivity index (χ1n) is 11.6. The van der Waals surface area contributed by atoms with Crippen molar-refractivity contribution >= 4 is 27.5 Å². The number of rotatable bonds is 13. The van der Waals surface area contributed by atoms with Crippen LogP contribution in [0.15, 0.2) is 42.5 Å². The molecule has 0 fully saturated rings. The molecule has 8 nitrogen and oxygen atoms in total. The highest BCUT2D eigenvalue weighted by Crippen LogP contribution is 2.22. The molecule has 2 amide bonds. The average Bonchev–Trinajstić information content (AvgIpc) is 2.83. The summed E-state index contributed by atoms with van der Waals surface area (Å²) in [6, 6.07) is 9.25. The fourth-order valence-electron chi connectivity index (χ4n) is 3.82. The third-order valence-corrected chi connectivity index (χ3v) is 6.76. The smallest absolute Gasteiger partial charge is 0.242 e. The topological polar surface area (TPSA) is 96.0 Å². The van der Waals surface area contributed by atoms with Crippen LogP contribution in [0.1, 0.15) is 38.7 Å². The molecule has 0 aromatic heterocycles. The predicted molar refractivity (Wildman–Crippen MR) is 134 cm³/mol. The second-order valence-corrected chi connectivity index (χ2v) is 10.1. The maximum absolute atomic E-state index is 13.7. The van der Waals surface area contributed by atoms with E-state index in [2.05, 4.69) is 5.32 Å². The summed E-state index contributed by atoms with van der Waals surface area (Å²) in [5, 5.41) is 2.75. The van der Waals surface area contributed by atoms with Gasteiger partial charge < -0.3 is 15.0 Å². The van der Waals surface area contributed by atoms with Gasteiger partial charge >= 0.3 is 0 Å². The number of hydrogen-bond acceptors (Lipinski definition) is 5. The molecule has 0 saturated carbocycles. The summed E-state index contributed by atoms with van der Waals surface area (Å²) in [5.41, 5.74) is 0.732. The van der Waals surface area contributed by atoms with Crippen molar-refractivity contribution in [3.05, 3.63) is 59.7 Å². The number of likely N-dealkylation sites (N-methyl/N-ethyl adjacent to an activating group) is 1. The van der Waals surface area contributed by atoms with E-state index in [-0.39, 0.29) is 43.4 Å². The van der Waals surface area contributed by atoms with Gasteiger partial charge in [-0.05, 0) is 49.6 Å². The highest BCUT2D eigenvalue weighted by molar-refractivity contribution is 7.92. The Morgan fingerprint density at radius 1 is 1.08 bits per heavy atom. The van der Waals surface area contributed by atoms with Crippen molar-refractivity contribution in [1.29, 1.82) is 0 Å². The minimum Gasteiger partial charge on any atom is -0.497 e. The predicted octanol–water partition coefficient (Wildman–Crippen LogP) is 3.46. The monoisotopic (exact) mass is 525 g/mol. The van der Waals surface area contributed by atoms with Crippen LogP contribution in [0.2, 0.25) is 0 Å². The third kappa shape index (κ3) is 7.91. The highest BCUT2D eigenvalue weighted by Gasteiger charge is 2.28. The molecule has 0 aliphatic rings. The molecule has 0 spiro atoms. The lowest BCUT2D eigenvalue weighted by Crippen LogP contribution is -2.49. The number of sulfonamides is 1. The summed E-state index contributed by atoms with van der Waals surface area (Å²) < 4.78 is 57.8. The van der Waals surface area contributed by atoms with E-state index < -0.39 is 27.7 Å². The van der Waals surface area contributed by atoms with Crippen LogP contribution < -0.4 is 14.4 Å². The van der Waals surface area contributed by atoms with Crippen LogP contribution in [0.5, 0.6) is 5.75 Å². The van der Waals surface area contributed by atoms with Crippen molar-refractivity contribution < 1.29 is 31.5 Å². The summed E-state index contributed by atoms with van der Waals surface area (Å²) in [7, 11) is -2.29. The van der Waals surface area contributed by atoms with Gasteiger partial charge in [0.2, 0.25) is 21.8 Å². The Morgan fingerprint density at radius 2 is 1.81 bits per heavy atom. The van der Waals surface area contributed by atoms with Crippen molar-refractivity contribution in [2.24, 2.45) is 0 Å². The number of carbonyl (C=O) groups excluding carboxylic acids is 2. The second-order valence-electron chi connectivity index (χ2n) is 8.23. The van der Waals surface area contributed by atoms with Crippen molar-refractivity contribution in [2.45, 2.75) is 45.7 Å². The van der Waals surface area contributed by atoms with E-state index in [4.69, 9.17) is 4.74 Å². The second kappa shape index (κ2) is 13.2. The Balaban J connectivity index is 2.23. The number of hydrogen-bond donors (Lipinski definition) is 1. The lowest BCUT2D eigenvalue weighted by molar-refractivity contribution is -0.141. The number of halogens is 2. The fourth-order valence-corrected chi connectivity index (χ4v) is 4.78. The zero-order chi connectivity index (χ0) is 26.9. The number of ether oxygens (including phenoxy) is 1. The number of nitrogens with one attached hydrogen (secondary N) is 1. The van der Waals surface area contributed by atoms with Crippen LogP contribution in [0.3, 0.4) is 0 Å². The number of benzene rings is 2. The minimum absolute atomic E-state index is 0.0363. The summed E-state index contributed by atoms with van der Waals surface area (Å²) >= 11 is 0. The highest BCUT2D eigenvalue weighted by atomic mass is 32.2. The van der Waals surface area contributed by atoms with E-state index in [1.54, 1.807) is 32.0 Å². The summed E-state index contributed by atoms with van der Waals surface area (Å²) in [6.45, 7) is 4.04. The number of methoxy groups -OCH3 is 1. The largest absolute Gasteiger partial charge is 0.497 e. The molecule has 0 heterocycles. The van der Waals surface area contributed by atoms with Crippen LogP contribution in [0.25, 0.3) is 0 Å². The first-order chi connectivity index (χ1) is 17.0. The van der Waals surface area contributed by atoms with Crippen LogP contribution in [-0.2, 0) is 26.2 Å². The van der Waals surface area contributed by atoms with E-state index in [1.807, 2.05) is 6.07 Å². The van der Waals surface area contributed by atoms with Crippen LogP contribution in [-0.4, -0.2) is 57.6 Å². The number of nitrogens with zero attached hydrogens (tertiary/aromatic N) is 2. The van der Waals surface area contributed by atoms with Gasteiger partial charge in [0.1, 0.15) is 11.8 Å². The Morgan fingerprint density at radius 3 is 2.39 bits per heavy atom. The first kappa shape index (κ1) is 29.0. The molecule has 0 aliphatic heterocycles. The SMILES string of the molecule is CCNC(=O)[C@@H](CC)N(Cc1cccc(OC)c1)C(=O)CCCN(c1ccc(F)c(F)c1)S(C)(=O)=O. The maximum Gasteiger partial charge on any atom is 0.242 e. The molecular formula is C25H33F2N3O5S. The molecule has 0 bridgehead atoms. The summed E-state index contributed by atoms with van der Waals surface area (Å²) in [5.74, 6) is -2.27. The average molecular weight is 526 g/mol. The van der Waals surface area contributed by atoms with Gasteiger partial charge in [0.05, 0.1) is 19.1 Å². The summed E-state index contributed by atoms with van der Waals surface area (Å²) in [4.78, 5) is 27.5. The van der Waals surface area contributed by atoms with E-state index >= 15 is 0 Å². The summed E-state index contributed by atoms with van der Waals surface area (Å²) in [6.07, 6.45) is 1.38. The van der Waals surface area contributed by atoms with Gasteiger partial charge in [-0.3, -0.25) is 13.9 Å². The lowest BCUT2D eigenvalue weighted by atomic mass is 10.1. The minimum atomic E-state index is -3.82. The first-order valence-corrected chi connectivity index (χ1v) is 13.5. The van der Waals surface area contributed by atoms with Crippen LogP contribution in [0, 0.1) is 11.6 Å². The zero-order valence-corrected chi connectivity index (χ0v) is 21.8. The standard InChI is InChI=1S/C25H33F2N3O5S/c1-5-23(25(32)28-6-2)29(17-18-9-7-10-20(15-18)35-3)24(31)11-8-14-30(36(4,33)34)19-12-13-21(26)22(27)16-19/h7,9-10,12-13,15-16,23H,5-6,8,11,14,17H2,1-4H3,(H,28,32)/t23-/m1/s1. The van der Waals surface area contributed by atoms with E-state index in [9.17, 15) is 26.8 Å². The lowest BCUT2D eigenvalue weighted by Gasteiger charge is -2.31. The molecular weight excluding hydrogens is 492 g/mol. The molecule has 2 rings (SSSR count). The molecule has 11 heteroatoms. The van der Waals surface area contributed by atoms with Gasteiger partial charge in [-0.2, -0.15) is 0 Å². The molecule has 36 heavy (non-hydrogen) atoms. The van der Waals surface area contributed by atoms with E-state index in [0.29, 0.717) is 18.7 Å². The van der Waals surface area contributed by atoms with Gasteiger partial charge in [0.15, 0.2) is 11.6 Å². The van der Waals surface area contributed by atoms with E-state index in [0.717, 1.165) is 28.3 Å². The van der Waals surface area contributed by atoms with Crippen molar-refractivity contribution in [1.82, 2.24) is 10.2 Å². The van der Waals surface area contributed by atoms with Crippen molar-refractivity contribution in [3.63, 3.8) is 0 Å². The Kier molecular flexibility index (Phi) is 10.6. The molecule has 0 saturated heterocycles. The Bertz CT molecular complexity index is 1160. The maximum atomic E-state index is 13.7. The van der Waals surface area contributed by atoms with Crippen molar-refractivity contribution in [3.8, 4) is 5.75 Å². The Labute approximate surface area is 211 Å². The molecule has 1 N–H and O–H groups in total. The molecule has 1 atom stereocenters. The van der Waals surface area contributed by atoms with Gasteiger partial charge in [-0.25, -0.2) is 17.2 Å². The third-order valence-electron chi connectivity index (χ3n) is 5.57. The van der Waals surface area contributed by atoms with Gasteiger partial charge in [0, 0.05) is 32.1 Å². The van der Waals surface area contributed by atoms with Gasteiger partial charge in [-0.1, -0.05) is 19.1 Å². The van der Waals surface area contributed by atoms with Gasteiger partial charge in [-0.15, -0.1) is 0 Å². The zero-order valence-electron chi connectivity index (χ0n) is 21.0. The van der Waals surface area contributed by atoms with E-state index in [1.165, 1.54) is 18.1 Å².